The number of carbonyl (C=O) groups excluding carboxylic acids is 1. The number of nitrogens with zero attached hydrogens (tertiary/aromatic N) is 2. The number of piperazine rings is 1. The fraction of sp³-hybridized carbons (Fsp3) is 0.917. The maximum absolute atomic E-state index is 12.2. The van der Waals surface area contributed by atoms with Gasteiger partial charge in [0.15, 0.2) is 14.9 Å². The number of nitrogens with two attached hydrogens (primary N) is 1. The Balaban J connectivity index is 2.86. The molecule has 1 heterocycles. The molecule has 136 valence electrons. The molecule has 11 heteroatoms. The van der Waals surface area contributed by atoms with Crippen LogP contribution < -0.4 is 5.73 Å². The first-order valence-corrected chi connectivity index (χ1v) is 10.8. The average Bonchev–Trinajstić information content (AvgIpc) is 2.33. The zero-order chi connectivity index (χ0) is 18.1. The van der Waals surface area contributed by atoms with Crippen molar-refractivity contribution in [2.75, 3.05) is 37.5 Å². The molecule has 1 aliphatic heterocycles. The van der Waals surface area contributed by atoms with E-state index in [4.69, 9.17) is 10.5 Å². The van der Waals surface area contributed by atoms with Crippen LogP contribution in [0.5, 0.6) is 0 Å². The van der Waals surface area contributed by atoms with Crippen LogP contribution in [0.25, 0.3) is 0 Å². The van der Waals surface area contributed by atoms with Crippen molar-refractivity contribution in [2.45, 2.75) is 32.4 Å². The second kappa shape index (κ2) is 6.91. The van der Waals surface area contributed by atoms with Gasteiger partial charge in [-0.25, -0.2) is 21.6 Å². The molecule has 1 unspecified atom stereocenters. The Morgan fingerprint density at radius 2 is 1.78 bits per heavy atom. The monoisotopic (exact) mass is 371 g/mol. The van der Waals surface area contributed by atoms with Crippen molar-refractivity contribution in [1.29, 1.82) is 0 Å². The SMILES string of the molecule is CC(C)(C)OC(=O)N1CCN(S(=O)(=O)CS(C)(=O)=O)C(CN)C1. The minimum atomic E-state index is -4.00. The van der Waals surface area contributed by atoms with E-state index < -0.39 is 42.7 Å². The molecule has 1 saturated heterocycles. The standard InChI is InChI=1S/C12H25N3O6S2/c1-12(2,3)21-11(16)14-5-6-15(10(7-13)8-14)23(19,20)9-22(4,17)18/h10H,5-9,13H2,1-4H3. The third-order valence-corrected chi connectivity index (χ3v) is 7.17. The van der Waals surface area contributed by atoms with E-state index in [0.717, 1.165) is 10.6 Å². The van der Waals surface area contributed by atoms with Crippen LogP contribution in [0.4, 0.5) is 4.79 Å². The molecule has 1 fully saturated rings. The van der Waals surface area contributed by atoms with Gasteiger partial charge in [-0.05, 0) is 20.8 Å². The Labute approximate surface area is 137 Å². The first-order chi connectivity index (χ1) is 10.2. The van der Waals surface area contributed by atoms with E-state index >= 15 is 0 Å². The molecule has 1 atom stereocenters. The molecule has 1 aliphatic rings. The van der Waals surface area contributed by atoms with Crippen LogP contribution in [0, 0.1) is 0 Å². The molecule has 23 heavy (non-hydrogen) atoms. The van der Waals surface area contributed by atoms with Crippen molar-refractivity contribution in [1.82, 2.24) is 9.21 Å². The number of ether oxygens (including phenoxy) is 1. The van der Waals surface area contributed by atoms with Gasteiger partial charge in [-0.3, -0.25) is 0 Å². The molecular weight excluding hydrogens is 346 g/mol. The van der Waals surface area contributed by atoms with E-state index in [-0.39, 0.29) is 26.2 Å². The van der Waals surface area contributed by atoms with Crippen LogP contribution in [0.15, 0.2) is 0 Å². The van der Waals surface area contributed by atoms with Gasteiger partial charge in [-0.15, -0.1) is 0 Å². The summed E-state index contributed by atoms with van der Waals surface area (Å²) in [6.45, 7) is 5.35. The van der Waals surface area contributed by atoms with Crippen LogP contribution in [0.2, 0.25) is 0 Å². The van der Waals surface area contributed by atoms with Crippen molar-refractivity contribution in [3.8, 4) is 0 Å². The van der Waals surface area contributed by atoms with E-state index in [1.807, 2.05) is 0 Å². The van der Waals surface area contributed by atoms with Crippen molar-refractivity contribution in [2.24, 2.45) is 5.73 Å². The normalized spacial score (nSPS) is 21.3. The van der Waals surface area contributed by atoms with Crippen molar-refractivity contribution >= 4 is 26.0 Å². The summed E-state index contributed by atoms with van der Waals surface area (Å²) in [6.07, 6.45) is 0.315. The van der Waals surface area contributed by atoms with E-state index in [9.17, 15) is 21.6 Å². The molecule has 0 radical (unpaired) electrons. The largest absolute Gasteiger partial charge is 0.444 e. The molecule has 0 aromatic carbocycles. The lowest BCUT2D eigenvalue weighted by Gasteiger charge is -2.40. The van der Waals surface area contributed by atoms with Gasteiger partial charge < -0.3 is 15.4 Å². The van der Waals surface area contributed by atoms with Crippen molar-refractivity contribution in [3.05, 3.63) is 0 Å². The van der Waals surface area contributed by atoms with E-state index in [2.05, 4.69) is 0 Å². The zero-order valence-electron chi connectivity index (χ0n) is 13.9. The van der Waals surface area contributed by atoms with Gasteiger partial charge in [0, 0.05) is 32.4 Å². The van der Waals surface area contributed by atoms with Crippen LogP contribution in [0.3, 0.4) is 0 Å². The summed E-state index contributed by atoms with van der Waals surface area (Å²) in [5.74, 6) is 0. The third-order valence-electron chi connectivity index (χ3n) is 3.07. The van der Waals surface area contributed by atoms with Gasteiger partial charge in [0.1, 0.15) is 5.60 Å². The van der Waals surface area contributed by atoms with Crippen LogP contribution >= 0.6 is 0 Å². The zero-order valence-corrected chi connectivity index (χ0v) is 15.5. The second-order valence-electron chi connectivity index (χ2n) is 6.58. The summed E-state index contributed by atoms with van der Waals surface area (Å²) in [4.78, 5) is 13.4. The summed E-state index contributed by atoms with van der Waals surface area (Å²) in [5, 5.41) is -0.969. The van der Waals surface area contributed by atoms with Crippen molar-refractivity contribution in [3.63, 3.8) is 0 Å². The molecule has 0 aromatic rings. The fourth-order valence-electron chi connectivity index (χ4n) is 2.23. The third kappa shape index (κ3) is 6.24. The highest BCUT2D eigenvalue weighted by Crippen LogP contribution is 2.18. The van der Waals surface area contributed by atoms with Crippen LogP contribution in [-0.4, -0.2) is 81.3 Å². The summed E-state index contributed by atoms with van der Waals surface area (Å²) in [7, 11) is -7.69. The number of sulfonamides is 1. The van der Waals surface area contributed by atoms with Gasteiger partial charge in [-0.1, -0.05) is 0 Å². The van der Waals surface area contributed by atoms with Gasteiger partial charge in [0.25, 0.3) is 0 Å². The van der Waals surface area contributed by atoms with E-state index in [1.54, 1.807) is 20.8 Å². The minimum Gasteiger partial charge on any atom is -0.444 e. The summed E-state index contributed by atoms with van der Waals surface area (Å²) in [5.41, 5.74) is 4.95. The van der Waals surface area contributed by atoms with Crippen LogP contribution in [-0.2, 0) is 24.6 Å². The highest BCUT2D eigenvalue weighted by atomic mass is 32.3. The Hall–Kier alpha value is -0.910. The smallest absolute Gasteiger partial charge is 0.410 e. The molecule has 1 amide bonds. The van der Waals surface area contributed by atoms with Crippen molar-refractivity contribution < 1.29 is 26.4 Å². The first-order valence-electron chi connectivity index (χ1n) is 7.10. The Kier molecular flexibility index (Phi) is 6.05. The quantitative estimate of drug-likeness (QED) is 0.685. The van der Waals surface area contributed by atoms with Gasteiger partial charge in [0.2, 0.25) is 10.0 Å². The number of amides is 1. The lowest BCUT2D eigenvalue weighted by Crippen LogP contribution is -2.59. The fourth-order valence-corrected chi connectivity index (χ4v) is 5.90. The lowest BCUT2D eigenvalue weighted by atomic mass is 10.2. The molecule has 0 aromatic heterocycles. The summed E-state index contributed by atoms with van der Waals surface area (Å²) < 4.78 is 53.4. The first kappa shape index (κ1) is 20.1. The van der Waals surface area contributed by atoms with Gasteiger partial charge >= 0.3 is 6.09 Å². The summed E-state index contributed by atoms with van der Waals surface area (Å²) in [6, 6.07) is -0.678. The highest BCUT2D eigenvalue weighted by Gasteiger charge is 2.38. The Morgan fingerprint density at radius 3 is 2.22 bits per heavy atom. The van der Waals surface area contributed by atoms with Gasteiger partial charge in [0.05, 0.1) is 6.04 Å². The van der Waals surface area contributed by atoms with Crippen LogP contribution in [0.1, 0.15) is 20.8 Å². The number of hydrogen-bond acceptors (Lipinski definition) is 7. The Bertz CT molecular complexity index is 638. The number of sulfone groups is 1. The Morgan fingerprint density at radius 1 is 1.22 bits per heavy atom. The predicted octanol–water partition coefficient (Wildman–Crippen LogP) is -0.802. The maximum atomic E-state index is 12.2. The molecule has 1 rings (SSSR count). The molecule has 0 saturated carbocycles. The minimum absolute atomic E-state index is 0.0149. The lowest BCUT2D eigenvalue weighted by molar-refractivity contribution is 0.0138. The average molecular weight is 371 g/mol. The number of carbonyl (C=O) groups is 1. The second-order valence-corrected chi connectivity index (χ2v) is 11.0. The van der Waals surface area contributed by atoms with Gasteiger partial charge in [-0.2, -0.15) is 4.31 Å². The molecular formula is C12H25N3O6S2. The highest BCUT2D eigenvalue weighted by molar-refractivity contribution is 8.06. The maximum Gasteiger partial charge on any atom is 0.410 e. The predicted molar refractivity (Wildman–Crippen MR) is 86.0 cm³/mol. The number of rotatable bonds is 4. The molecule has 2 N–H and O–H groups in total. The summed E-state index contributed by atoms with van der Waals surface area (Å²) >= 11 is 0. The van der Waals surface area contributed by atoms with E-state index in [1.165, 1.54) is 4.90 Å². The molecule has 0 aliphatic carbocycles. The molecule has 9 nitrogen and oxygen atoms in total. The molecule has 0 bridgehead atoms. The topological polar surface area (TPSA) is 127 Å². The number of hydrogen-bond donors (Lipinski definition) is 1. The van der Waals surface area contributed by atoms with E-state index in [0.29, 0.717) is 0 Å². The molecule has 0 spiro atoms.